The quantitative estimate of drug-likeness (QED) is 0.695. The van der Waals surface area contributed by atoms with Gasteiger partial charge in [-0.15, -0.1) is 0 Å². The van der Waals surface area contributed by atoms with Gasteiger partial charge in [-0.2, -0.15) is 13.2 Å². The number of hydrogen-bond acceptors (Lipinski definition) is 2. The molecule has 3 nitrogen and oxygen atoms in total. The first-order valence-electron chi connectivity index (χ1n) is 6.72. The van der Waals surface area contributed by atoms with Crippen molar-refractivity contribution in [1.82, 2.24) is 9.44 Å². The molecule has 1 heterocycles. The molecule has 1 amide bonds. The molecule has 1 aromatic rings. The van der Waals surface area contributed by atoms with Crippen LogP contribution in [0.4, 0.5) is 13.2 Å². The van der Waals surface area contributed by atoms with E-state index in [2.05, 4.69) is 9.44 Å². The Morgan fingerprint density at radius 1 is 1.00 bits per heavy atom. The number of carbonyl (C=O) groups is 1. The SMILES string of the molecule is O=C1N[SH](c2ccc(C(F)(F)F)cc2)NC2=C1CCCC2. The van der Waals surface area contributed by atoms with Gasteiger partial charge in [-0.1, -0.05) is 11.3 Å². The molecule has 21 heavy (non-hydrogen) atoms. The summed E-state index contributed by atoms with van der Waals surface area (Å²) in [4.78, 5) is 12.7. The molecule has 0 aromatic heterocycles. The highest BCUT2D eigenvalue weighted by atomic mass is 32.2. The first-order valence-corrected chi connectivity index (χ1v) is 8.06. The first-order chi connectivity index (χ1) is 9.95. The van der Waals surface area contributed by atoms with Crippen molar-refractivity contribution >= 4 is 17.2 Å². The number of nitrogens with one attached hydrogen (secondary N) is 2. The van der Waals surface area contributed by atoms with Crippen LogP contribution < -0.4 is 9.44 Å². The lowest BCUT2D eigenvalue weighted by Crippen LogP contribution is -2.37. The van der Waals surface area contributed by atoms with E-state index < -0.39 is 23.0 Å². The molecule has 1 atom stereocenters. The Labute approximate surface area is 123 Å². The number of carbonyl (C=O) groups excluding carboxylic acids is 1. The van der Waals surface area contributed by atoms with Crippen LogP contribution in [0.3, 0.4) is 0 Å². The minimum Gasteiger partial charge on any atom is -0.334 e. The van der Waals surface area contributed by atoms with Crippen molar-refractivity contribution in [2.45, 2.75) is 36.8 Å². The number of hydrogen-bond donors (Lipinski definition) is 3. The topological polar surface area (TPSA) is 41.1 Å². The van der Waals surface area contributed by atoms with Crippen LogP contribution in [-0.4, -0.2) is 5.91 Å². The Bertz CT molecular complexity index is 595. The molecule has 7 heteroatoms. The average Bonchev–Trinajstić information content (AvgIpc) is 2.46. The highest BCUT2D eigenvalue weighted by molar-refractivity contribution is 8.14. The molecule has 0 bridgehead atoms. The van der Waals surface area contributed by atoms with E-state index in [1.165, 1.54) is 12.1 Å². The van der Waals surface area contributed by atoms with Crippen molar-refractivity contribution in [3.05, 3.63) is 41.1 Å². The number of halogens is 3. The highest BCUT2D eigenvalue weighted by Gasteiger charge is 2.31. The number of rotatable bonds is 1. The molecular formula is C14H15F3N2OS. The molecule has 2 N–H and O–H groups in total. The fraction of sp³-hybridized carbons (Fsp3) is 0.357. The van der Waals surface area contributed by atoms with Gasteiger partial charge in [0.15, 0.2) is 0 Å². The Balaban J connectivity index is 1.82. The van der Waals surface area contributed by atoms with E-state index in [1.54, 1.807) is 0 Å². The second-order valence-electron chi connectivity index (χ2n) is 5.10. The van der Waals surface area contributed by atoms with Gasteiger partial charge in [-0.05, 0) is 49.9 Å². The molecule has 1 aliphatic heterocycles. The van der Waals surface area contributed by atoms with Gasteiger partial charge >= 0.3 is 6.18 Å². The second kappa shape index (κ2) is 5.29. The van der Waals surface area contributed by atoms with Crippen LogP contribution in [0.1, 0.15) is 31.2 Å². The molecule has 3 rings (SSSR count). The second-order valence-corrected chi connectivity index (χ2v) is 6.73. The average molecular weight is 316 g/mol. The minimum absolute atomic E-state index is 0.0885. The summed E-state index contributed by atoms with van der Waals surface area (Å²) in [6, 6.07) is 4.96. The summed E-state index contributed by atoms with van der Waals surface area (Å²) in [5, 5.41) is 0. The van der Waals surface area contributed by atoms with Gasteiger partial charge in [0, 0.05) is 16.2 Å². The van der Waals surface area contributed by atoms with Crippen molar-refractivity contribution in [3.63, 3.8) is 0 Å². The number of amides is 1. The zero-order valence-corrected chi connectivity index (χ0v) is 12.0. The van der Waals surface area contributed by atoms with E-state index in [1.807, 2.05) is 0 Å². The van der Waals surface area contributed by atoms with Crippen LogP contribution >= 0.6 is 11.3 Å². The zero-order chi connectivity index (χ0) is 15.0. The van der Waals surface area contributed by atoms with Crippen molar-refractivity contribution in [3.8, 4) is 0 Å². The van der Waals surface area contributed by atoms with Gasteiger partial charge in [0.1, 0.15) is 0 Å². The van der Waals surface area contributed by atoms with Crippen LogP contribution in [0.2, 0.25) is 0 Å². The summed E-state index contributed by atoms with van der Waals surface area (Å²) in [7, 11) is 0. The highest BCUT2D eigenvalue weighted by Crippen LogP contribution is 2.39. The predicted molar refractivity (Wildman–Crippen MR) is 75.5 cm³/mol. The summed E-state index contributed by atoms with van der Waals surface area (Å²) in [6.45, 7) is 0. The third kappa shape index (κ3) is 2.88. The zero-order valence-electron chi connectivity index (χ0n) is 11.1. The Kier molecular flexibility index (Phi) is 3.61. The van der Waals surface area contributed by atoms with E-state index in [4.69, 9.17) is 0 Å². The van der Waals surface area contributed by atoms with E-state index in [0.717, 1.165) is 49.1 Å². The van der Waals surface area contributed by atoms with Gasteiger partial charge in [-0.25, -0.2) is 0 Å². The Morgan fingerprint density at radius 3 is 2.33 bits per heavy atom. The number of allylic oxidation sites excluding steroid dienone is 1. The summed E-state index contributed by atoms with van der Waals surface area (Å²) in [6.07, 6.45) is -0.692. The summed E-state index contributed by atoms with van der Waals surface area (Å²) < 4.78 is 43.8. The van der Waals surface area contributed by atoms with Gasteiger partial charge in [0.25, 0.3) is 5.91 Å². The van der Waals surface area contributed by atoms with Crippen LogP contribution in [-0.2, 0) is 11.0 Å². The van der Waals surface area contributed by atoms with Crippen LogP contribution in [0.5, 0.6) is 0 Å². The molecule has 0 radical (unpaired) electrons. The van der Waals surface area contributed by atoms with Crippen molar-refractivity contribution < 1.29 is 18.0 Å². The summed E-state index contributed by atoms with van der Waals surface area (Å²) in [5.41, 5.74) is 1.07. The Morgan fingerprint density at radius 2 is 1.67 bits per heavy atom. The molecular weight excluding hydrogens is 301 g/mol. The molecule has 0 spiro atoms. The van der Waals surface area contributed by atoms with Crippen LogP contribution in [0.15, 0.2) is 40.4 Å². The van der Waals surface area contributed by atoms with Crippen molar-refractivity contribution in [1.29, 1.82) is 0 Å². The molecule has 1 aliphatic carbocycles. The molecule has 1 unspecified atom stereocenters. The fourth-order valence-corrected chi connectivity index (χ4v) is 4.16. The van der Waals surface area contributed by atoms with E-state index in [9.17, 15) is 18.0 Å². The van der Waals surface area contributed by atoms with Gasteiger partial charge in [0.05, 0.1) is 5.56 Å². The smallest absolute Gasteiger partial charge is 0.334 e. The van der Waals surface area contributed by atoms with Gasteiger partial charge < -0.3 is 4.72 Å². The van der Waals surface area contributed by atoms with Crippen molar-refractivity contribution in [2.24, 2.45) is 0 Å². The number of benzene rings is 1. The van der Waals surface area contributed by atoms with E-state index in [0.29, 0.717) is 4.90 Å². The molecule has 114 valence electrons. The lowest BCUT2D eigenvalue weighted by molar-refractivity contribution is -0.137. The minimum atomic E-state index is -4.34. The monoisotopic (exact) mass is 316 g/mol. The number of thiol groups is 1. The fourth-order valence-electron chi connectivity index (χ4n) is 2.54. The maximum absolute atomic E-state index is 12.6. The van der Waals surface area contributed by atoms with E-state index >= 15 is 0 Å². The third-order valence-electron chi connectivity index (χ3n) is 3.65. The molecule has 0 fully saturated rings. The largest absolute Gasteiger partial charge is 0.416 e. The van der Waals surface area contributed by atoms with Gasteiger partial charge in [-0.3, -0.25) is 9.52 Å². The van der Waals surface area contributed by atoms with E-state index in [-0.39, 0.29) is 5.91 Å². The van der Waals surface area contributed by atoms with Crippen LogP contribution in [0.25, 0.3) is 0 Å². The summed E-state index contributed by atoms with van der Waals surface area (Å²) in [5.74, 6) is -0.0885. The third-order valence-corrected chi connectivity index (χ3v) is 5.39. The van der Waals surface area contributed by atoms with Gasteiger partial charge in [0.2, 0.25) is 0 Å². The predicted octanol–water partition coefficient (Wildman–Crippen LogP) is 3.44. The molecule has 2 aliphatic rings. The normalized spacial score (nSPS) is 24.1. The first kappa shape index (κ1) is 14.3. The summed E-state index contributed by atoms with van der Waals surface area (Å²) >= 11 is -1.17. The number of alkyl halides is 3. The maximum atomic E-state index is 12.6. The van der Waals surface area contributed by atoms with Crippen molar-refractivity contribution in [2.75, 3.05) is 0 Å². The molecule has 1 aromatic carbocycles. The Hall–Kier alpha value is -1.63. The lowest BCUT2D eigenvalue weighted by atomic mass is 9.96. The maximum Gasteiger partial charge on any atom is 0.416 e. The molecule has 0 saturated heterocycles. The van der Waals surface area contributed by atoms with Crippen LogP contribution in [0, 0.1) is 0 Å². The lowest BCUT2D eigenvalue weighted by Gasteiger charge is -2.35. The molecule has 0 saturated carbocycles. The standard InChI is InChI=1S/C14H15F3N2OS/c15-14(16,17)9-5-7-10(8-6-9)21-18-12-4-2-1-3-11(12)13(20)19-21/h5-8,18,21H,1-4H2,(H,19,20).